The molecule has 10 N–H and O–H groups in total. The van der Waals surface area contributed by atoms with E-state index < -0.39 is 77.0 Å². The number of carboxylic acids is 2. The Bertz CT molecular complexity index is 2440. The maximum Gasteiger partial charge on any atom is 0.337 e. The molecule has 5 rings (SSSR count). The van der Waals surface area contributed by atoms with Crippen LogP contribution in [-0.2, 0) is 28.8 Å². The summed E-state index contributed by atoms with van der Waals surface area (Å²) in [5.74, 6) is 5.35. The zero-order valence-electron chi connectivity index (χ0n) is 24.6. The molecule has 0 fully saturated rings. The summed E-state index contributed by atoms with van der Waals surface area (Å²) in [6.45, 7) is 0. The number of nitrogens with two attached hydrogens (primary N) is 2. The lowest BCUT2D eigenvalue weighted by Crippen LogP contribution is -2.13. The molecule has 0 aliphatic heterocycles. The lowest BCUT2D eigenvalue weighted by molar-refractivity contribution is 0.0687. The van der Waals surface area contributed by atoms with Crippen molar-refractivity contribution in [1.82, 2.24) is 15.0 Å². The Balaban J connectivity index is 1.74. The number of fused-ring (bicyclic) bond motifs is 1. The molecule has 0 spiro atoms. The van der Waals surface area contributed by atoms with Crippen molar-refractivity contribution in [3.8, 4) is 11.8 Å². The van der Waals surface area contributed by atoms with Crippen molar-refractivity contribution in [2.75, 3.05) is 10.6 Å². The number of aromatic nitrogens is 3. The van der Waals surface area contributed by atoms with Gasteiger partial charge in [-0.1, -0.05) is 24.3 Å². The molecule has 0 radical (unpaired) electrons. The van der Waals surface area contributed by atoms with E-state index in [1.54, 1.807) is 0 Å². The number of carbonyl (C=O) groups is 2. The number of phenolic OH excluding ortho intramolecular Hbond substituents is 1. The number of azo groups is 1. The molecule has 0 saturated carbocycles. The first-order chi connectivity index (χ1) is 23.6. The van der Waals surface area contributed by atoms with E-state index in [9.17, 15) is 46.9 Å². The van der Waals surface area contributed by atoms with Gasteiger partial charge in [0.05, 0.1) is 27.4 Å². The monoisotopic (exact) mass is 727 g/mol. The number of phenols is 1. The SMILES string of the molecule is NOS(=O)(=O)c1cc(Nc2nc(O)nc(Nc3ccccc3C(=O)O)n2)c2c(O)c(N=Nc3ccccc3C(=O)O)c(S(=O)(=O)ON)cc2c1. The first-order valence-electron chi connectivity index (χ1n) is 13.3. The van der Waals surface area contributed by atoms with Gasteiger partial charge in [-0.15, -0.1) is 10.2 Å². The molecule has 258 valence electrons. The number of aromatic hydroxyl groups is 2. The Kier molecular flexibility index (Phi) is 9.53. The minimum absolute atomic E-state index is 0.0168. The van der Waals surface area contributed by atoms with Gasteiger partial charge in [-0.05, 0) is 47.9 Å². The van der Waals surface area contributed by atoms with Crippen LogP contribution in [0.1, 0.15) is 20.7 Å². The molecule has 50 heavy (non-hydrogen) atoms. The van der Waals surface area contributed by atoms with Crippen molar-refractivity contribution >= 4 is 77.6 Å². The summed E-state index contributed by atoms with van der Waals surface area (Å²) in [6.07, 6.45) is 0. The summed E-state index contributed by atoms with van der Waals surface area (Å²) in [7, 11) is -9.67. The maximum absolute atomic E-state index is 12.9. The summed E-state index contributed by atoms with van der Waals surface area (Å²) in [4.78, 5) is 33.2. The van der Waals surface area contributed by atoms with E-state index in [1.807, 2.05) is 0 Å². The quantitative estimate of drug-likeness (QED) is 0.0676. The van der Waals surface area contributed by atoms with Crippen LogP contribution in [0.3, 0.4) is 0 Å². The Labute approximate surface area is 279 Å². The second kappa shape index (κ2) is 13.6. The van der Waals surface area contributed by atoms with Gasteiger partial charge in [0.15, 0.2) is 5.75 Å². The standard InChI is InChI=1S/C27H21N9O12S2/c28-47-49(43,44)13-9-12-10-19(50(45,46)48-29)21(36-35-17-8-4-2-6-15(17)24(40)41)22(37)20(12)18(11-13)31-26-32-25(33-27(42)34-26)30-16-7-3-1-5-14(16)23(38)39/h1-11,37H,28-29H2,(H,38,39)(H,40,41)(H3,30,31,32,33,34,42). The van der Waals surface area contributed by atoms with Crippen molar-refractivity contribution in [2.24, 2.45) is 22.0 Å². The molecule has 1 aromatic heterocycles. The van der Waals surface area contributed by atoms with Crippen molar-refractivity contribution < 1.29 is 55.4 Å². The number of carboxylic acid groups (broad SMARTS) is 2. The summed E-state index contributed by atoms with van der Waals surface area (Å²) >= 11 is 0. The Morgan fingerprint density at radius 1 is 0.720 bits per heavy atom. The molecule has 23 heteroatoms. The Morgan fingerprint density at radius 3 is 1.92 bits per heavy atom. The zero-order valence-corrected chi connectivity index (χ0v) is 26.2. The van der Waals surface area contributed by atoms with Crippen LogP contribution < -0.4 is 22.4 Å². The van der Waals surface area contributed by atoms with Crippen molar-refractivity contribution in [3.63, 3.8) is 0 Å². The maximum atomic E-state index is 12.9. The van der Waals surface area contributed by atoms with E-state index in [1.165, 1.54) is 48.5 Å². The fraction of sp³-hybridized carbons (Fsp3) is 0. The number of aromatic carboxylic acids is 2. The van der Waals surface area contributed by atoms with E-state index in [0.29, 0.717) is 0 Å². The van der Waals surface area contributed by atoms with Crippen molar-refractivity contribution in [1.29, 1.82) is 0 Å². The smallest absolute Gasteiger partial charge is 0.337 e. The third-order valence-electron chi connectivity index (χ3n) is 6.60. The predicted octanol–water partition coefficient (Wildman–Crippen LogP) is 2.89. The number of hydrogen-bond donors (Lipinski definition) is 8. The minimum Gasteiger partial charge on any atom is -0.505 e. The average molecular weight is 728 g/mol. The summed E-state index contributed by atoms with van der Waals surface area (Å²) < 4.78 is 59.3. The van der Waals surface area contributed by atoms with Gasteiger partial charge in [0.1, 0.15) is 16.3 Å². The molecule has 0 saturated heterocycles. The lowest BCUT2D eigenvalue weighted by Gasteiger charge is -2.16. The average Bonchev–Trinajstić information content (AvgIpc) is 3.07. The van der Waals surface area contributed by atoms with Gasteiger partial charge in [0.2, 0.25) is 11.9 Å². The van der Waals surface area contributed by atoms with E-state index in [0.717, 1.165) is 18.2 Å². The van der Waals surface area contributed by atoms with Gasteiger partial charge >= 0.3 is 38.2 Å². The van der Waals surface area contributed by atoms with Crippen LogP contribution in [0.4, 0.5) is 34.6 Å². The topological polar surface area (TPSA) is 341 Å². The van der Waals surface area contributed by atoms with E-state index >= 15 is 0 Å². The minimum atomic E-state index is -4.94. The molecular formula is C27H21N9O12S2. The Morgan fingerprint density at radius 2 is 1.30 bits per heavy atom. The number of nitrogens with zero attached hydrogens (tertiary/aromatic N) is 5. The van der Waals surface area contributed by atoms with Crippen LogP contribution in [0.25, 0.3) is 10.8 Å². The molecule has 21 nitrogen and oxygen atoms in total. The van der Waals surface area contributed by atoms with Crippen LogP contribution in [-0.4, -0.2) is 64.2 Å². The van der Waals surface area contributed by atoms with E-state index in [2.05, 4.69) is 44.4 Å². The van der Waals surface area contributed by atoms with Gasteiger partial charge in [0.25, 0.3) is 0 Å². The van der Waals surface area contributed by atoms with Gasteiger partial charge in [0, 0.05) is 5.39 Å². The van der Waals surface area contributed by atoms with Gasteiger partial charge in [-0.3, -0.25) is 0 Å². The highest BCUT2D eigenvalue weighted by Crippen LogP contribution is 2.46. The highest BCUT2D eigenvalue weighted by atomic mass is 32.2. The summed E-state index contributed by atoms with van der Waals surface area (Å²) in [6, 6.07) is 12.5. The number of para-hydroxylation sites is 1. The van der Waals surface area contributed by atoms with Gasteiger partial charge < -0.3 is 31.1 Å². The molecule has 0 aliphatic rings. The largest absolute Gasteiger partial charge is 0.505 e. The summed E-state index contributed by atoms with van der Waals surface area (Å²) in [5, 5.41) is 52.8. The zero-order chi connectivity index (χ0) is 36.4. The van der Waals surface area contributed by atoms with Crippen molar-refractivity contribution in [2.45, 2.75) is 9.79 Å². The van der Waals surface area contributed by atoms with Crippen LogP contribution in [0, 0.1) is 0 Å². The number of rotatable bonds is 12. The fourth-order valence-corrected chi connectivity index (χ4v) is 5.83. The first kappa shape index (κ1) is 35.0. The molecule has 0 atom stereocenters. The molecule has 0 unspecified atom stereocenters. The lowest BCUT2D eigenvalue weighted by atomic mass is 10.1. The number of anilines is 4. The number of hydrogen-bond acceptors (Lipinski definition) is 19. The first-order valence-corrected chi connectivity index (χ1v) is 16.1. The number of nitrogens with one attached hydrogen (secondary N) is 2. The highest BCUT2D eigenvalue weighted by Gasteiger charge is 2.28. The van der Waals surface area contributed by atoms with Crippen LogP contribution in [0.5, 0.6) is 11.8 Å². The molecular weight excluding hydrogens is 706 g/mol. The molecule has 0 aliphatic carbocycles. The third kappa shape index (κ3) is 7.06. The predicted molar refractivity (Wildman–Crippen MR) is 170 cm³/mol. The Hall–Kier alpha value is -6.37. The second-order valence-corrected chi connectivity index (χ2v) is 12.8. The molecule has 5 aromatic rings. The fourth-order valence-electron chi connectivity index (χ4n) is 4.44. The molecule has 4 aromatic carbocycles. The molecule has 0 bridgehead atoms. The summed E-state index contributed by atoms with van der Waals surface area (Å²) in [5.41, 5.74) is -1.97. The van der Waals surface area contributed by atoms with Crippen LogP contribution in [0.15, 0.2) is 86.7 Å². The van der Waals surface area contributed by atoms with Gasteiger partial charge in [-0.25, -0.2) is 9.59 Å². The van der Waals surface area contributed by atoms with Crippen molar-refractivity contribution in [3.05, 3.63) is 77.9 Å². The molecule has 0 amide bonds. The van der Waals surface area contributed by atoms with Gasteiger partial charge in [-0.2, -0.15) is 52.1 Å². The number of benzene rings is 4. The van der Waals surface area contributed by atoms with Crippen LogP contribution in [0.2, 0.25) is 0 Å². The highest BCUT2D eigenvalue weighted by molar-refractivity contribution is 7.87. The van der Waals surface area contributed by atoms with E-state index in [-0.39, 0.29) is 33.3 Å². The second-order valence-electron chi connectivity index (χ2n) is 9.65. The van der Waals surface area contributed by atoms with Crippen LogP contribution >= 0.6 is 0 Å². The van der Waals surface area contributed by atoms with E-state index in [4.69, 9.17) is 11.8 Å². The third-order valence-corrected chi connectivity index (χ3v) is 8.77. The molecule has 1 heterocycles. The normalized spacial score (nSPS) is 11.9.